The molecule has 0 aliphatic rings. The molecule has 0 spiro atoms. The Balaban J connectivity index is 1.45. The van der Waals surface area contributed by atoms with E-state index < -0.39 is 9.84 Å². The summed E-state index contributed by atoms with van der Waals surface area (Å²) in [6, 6.07) is 20.8. The maximum absolute atomic E-state index is 12.8. The minimum Gasteiger partial charge on any atom is -0.441 e. The van der Waals surface area contributed by atoms with E-state index in [1.807, 2.05) is 19.1 Å². The molecular formula is C26H23ClN2O4S. The van der Waals surface area contributed by atoms with Crippen LogP contribution in [0.1, 0.15) is 32.9 Å². The van der Waals surface area contributed by atoms with E-state index in [0.29, 0.717) is 40.0 Å². The lowest BCUT2D eigenvalue weighted by Crippen LogP contribution is -2.22. The van der Waals surface area contributed by atoms with Crippen molar-refractivity contribution in [2.45, 2.75) is 31.0 Å². The molecule has 3 aromatic carbocycles. The number of sulfone groups is 1. The van der Waals surface area contributed by atoms with Gasteiger partial charge in [0, 0.05) is 22.7 Å². The van der Waals surface area contributed by atoms with Crippen molar-refractivity contribution in [1.82, 2.24) is 10.3 Å². The number of amides is 1. The van der Waals surface area contributed by atoms with Gasteiger partial charge in [0.25, 0.3) is 5.91 Å². The number of hydrogen-bond acceptors (Lipinski definition) is 5. The standard InChI is InChI=1S/C26H23ClN2O4S/c1-17-6-12-23(13-7-17)34(31,32)16-24-18(2)33-26(29-24)21-10-8-20(9-11-21)25(30)28-15-19-4-3-5-22(27)14-19/h3-14H,15-16H2,1-2H3,(H,28,30). The lowest BCUT2D eigenvalue weighted by molar-refractivity contribution is 0.0951. The number of aromatic nitrogens is 1. The molecule has 4 rings (SSSR count). The van der Waals surface area contributed by atoms with Crippen molar-refractivity contribution in [2.24, 2.45) is 0 Å². The van der Waals surface area contributed by atoms with Crippen molar-refractivity contribution >= 4 is 27.3 Å². The molecule has 0 aliphatic heterocycles. The van der Waals surface area contributed by atoms with Crippen molar-refractivity contribution in [3.05, 3.63) is 106 Å². The van der Waals surface area contributed by atoms with Crippen LogP contribution in [-0.4, -0.2) is 19.3 Å². The largest absolute Gasteiger partial charge is 0.441 e. The summed E-state index contributed by atoms with van der Waals surface area (Å²) in [5.74, 6) is 0.265. The van der Waals surface area contributed by atoms with E-state index >= 15 is 0 Å². The summed E-state index contributed by atoms with van der Waals surface area (Å²) in [6.07, 6.45) is 0. The van der Waals surface area contributed by atoms with Gasteiger partial charge in [-0.25, -0.2) is 13.4 Å². The molecule has 0 saturated carbocycles. The highest BCUT2D eigenvalue weighted by Gasteiger charge is 2.21. The summed E-state index contributed by atoms with van der Waals surface area (Å²) in [5, 5.41) is 3.47. The van der Waals surface area contributed by atoms with Crippen molar-refractivity contribution in [3.63, 3.8) is 0 Å². The van der Waals surface area contributed by atoms with Crippen LogP contribution in [0.15, 0.2) is 82.1 Å². The first-order valence-electron chi connectivity index (χ1n) is 10.6. The minimum atomic E-state index is -3.56. The number of hydrogen-bond donors (Lipinski definition) is 1. The van der Waals surface area contributed by atoms with Crippen LogP contribution >= 0.6 is 11.6 Å². The molecule has 1 amide bonds. The van der Waals surface area contributed by atoms with E-state index in [0.717, 1.165) is 11.1 Å². The summed E-state index contributed by atoms with van der Waals surface area (Å²) in [5.41, 5.74) is 3.38. The average molecular weight is 495 g/mol. The fourth-order valence-electron chi connectivity index (χ4n) is 3.39. The molecule has 0 aliphatic carbocycles. The zero-order chi connectivity index (χ0) is 24.3. The number of oxazole rings is 1. The molecule has 1 heterocycles. The molecule has 174 valence electrons. The predicted octanol–water partition coefficient (Wildman–Crippen LogP) is 5.52. The number of nitrogens with one attached hydrogen (secondary N) is 1. The number of nitrogens with zero attached hydrogens (tertiary/aromatic N) is 1. The van der Waals surface area contributed by atoms with Gasteiger partial charge in [-0.1, -0.05) is 41.4 Å². The van der Waals surface area contributed by atoms with Crippen molar-refractivity contribution in [2.75, 3.05) is 0 Å². The molecule has 34 heavy (non-hydrogen) atoms. The van der Waals surface area contributed by atoms with Gasteiger partial charge in [-0.2, -0.15) is 0 Å². The molecule has 1 aromatic heterocycles. The van der Waals surface area contributed by atoms with E-state index in [2.05, 4.69) is 10.3 Å². The van der Waals surface area contributed by atoms with Gasteiger partial charge in [-0.15, -0.1) is 0 Å². The average Bonchev–Trinajstić information content (AvgIpc) is 3.17. The Morgan fingerprint density at radius 3 is 2.38 bits per heavy atom. The molecule has 1 N–H and O–H groups in total. The Hall–Kier alpha value is -3.42. The zero-order valence-corrected chi connectivity index (χ0v) is 20.3. The van der Waals surface area contributed by atoms with Gasteiger partial charge in [0.2, 0.25) is 5.89 Å². The van der Waals surface area contributed by atoms with Gasteiger partial charge in [0.05, 0.1) is 10.6 Å². The quantitative estimate of drug-likeness (QED) is 0.365. The molecule has 0 atom stereocenters. The van der Waals surface area contributed by atoms with E-state index in [9.17, 15) is 13.2 Å². The Kier molecular flexibility index (Phi) is 6.86. The summed E-state index contributed by atoms with van der Waals surface area (Å²) in [7, 11) is -3.56. The fraction of sp³-hybridized carbons (Fsp3) is 0.154. The number of carbonyl (C=O) groups is 1. The van der Waals surface area contributed by atoms with Gasteiger partial charge in [-0.3, -0.25) is 4.79 Å². The third kappa shape index (κ3) is 5.55. The van der Waals surface area contributed by atoms with E-state index in [-0.39, 0.29) is 16.6 Å². The molecule has 6 nitrogen and oxygen atoms in total. The molecule has 0 bridgehead atoms. The van der Waals surface area contributed by atoms with Crippen LogP contribution in [0.4, 0.5) is 0 Å². The van der Waals surface area contributed by atoms with Gasteiger partial charge < -0.3 is 9.73 Å². The van der Waals surface area contributed by atoms with E-state index in [4.69, 9.17) is 16.0 Å². The van der Waals surface area contributed by atoms with E-state index in [1.165, 1.54) is 0 Å². The summed E-state index contributed by atoms with van der Waals surface area (Å²) in [6.45, 7) is 3.95. The molecule has 4 aromatic rings. The van der Waals surface area contributed by atoms with Gasteiger partial charge in [0.15, 0.2) is 9.84 Å². The highest BCUT2D eigenvalue weighted by atomic mass is 35.5. The maximum atomic E-state index is 12.8. The van der Waals surface area contributed by atoms with E-state index in [1.54, 1.807) is 67.6 Å². The van der Waals surface area contributed by atoms with Crippen LogP contribution in [0.3, 0.4) is 0 Å². The van der Waals surface area contributed by atoms with Crippen LogP contribution in [0, 0.1) is 13.8 Å². The second-order valence-electron chi connectivity index (χ2n) is 7.98. The Bertz CT molecular complexity index is 1430. The number of halogens is 1. The highest BCUT2D eigenvalue weighted by Crippen LogP contribution is 2.25. The Labute approximate surface area is 203 Å². The molecular weight excluding hydrogens is 472 g/mol. The number of rotatable bonds is 7. The first-order chi connectivity index (χ1) is 16.2. The molecule has 8 heteroatoms. The Morgan fingerprint density at radius 1 is 1.00 bits per heavy atom. The lowest BCUT2D eigenvalue weighted by Gasteiger charge is -2.06. The number of carbonyl (C=O) groups excluding carboxylic acids is 1. The molecule has 0 fully saturated rings. The normalized spacial score (nSPS) is 11.4. The topological polar surface area (TPSA) is 89.3 Å². The smallest absolute Gasteiger partial charge is 0.251 e. The maximum Gasteiger partial charge on any atom is 0.251 e. The molecule has 0 radical (unpaired) electrons. The van der Waals surface area contributed by atoms with Gasteiger partial charge >= 0.3 is 0 Å². The molecule has 0 saturated heterocycles. The van der Waals surface area contributed by atoms with Crippen LogP contribution in [0.5, 0.6) is 0 Å². The first kappa shape index (κ1) is 23.7. The van der Waals surface area contributed by atoms with Gasteiger partial charge in [-0.05, 0) is 67.9 Å². The highest BCUT2D eigenvalue weighted by molar-refractivity contribution is 7.90. The van der Waals surface area contributed by atoms with Crippen LogP contribution < -0.4 is 5.32 Å². The fourth-order valence-corrected chi connectivity index (χ4v) is 4.95. The zero-order valence-electron chi connectivity index (χ0n) is 18.7. The van der Waals surface area contributed by atoms with Crippen molar-refractivity contribution in [1.29, 1.82) is 0 Å². The first-order valence-corrected chi connectivity index (χ1v) is 12.6. The van der Waals surface area contributed by atoms with Crippen molar-refractivity contribution < 1.29 is 17.6 Å². The second kappa shape index (κ2) is 9.83. The van der Waals surface area contributed by atoms with Crippen LogP contribution in [0.25, 0.3) is 11.5 Å². The number of aryl methyl sites for hydroxylation is 2. The third-order valence-electron chi connectivity index (χ3n) is 5.34. The second-order valence-corrected chi connectivity index (χ2v) is 10.4. The summed E-state index contributed by atoms with van der Waals surface area (Å²) in [4.78, 5) is 17.1. The van der Waals surface area contributed by atoms with Gasteiger partial charge in [0.1, 0.15) is 11.5 Å². The summed E-state index contributed by atoms with van der Waals surface area (Å²) < 4.78 is 31.3. The minimum absolute atomic E-state index is 0.222. The Morgan fingerprint density at radius 2 is 1.71 bits per heavy atom. The third-order valence-corrected chi connectivity index (χ3v) is 7.21. The number of benzene rings is 3. The SMILES string of the molecule is Cc1ccc(S(=O)(=O)Cc2nc(-c3ccc(C(=O)NCc4cccc(Cl)c4)cc3)oc2C)cc1. The predicted molar refractivity (Wildman–Crippen MR) is 131 cm³/mol. The monoisotopic (exact) mass is 494 g/mol. The lowest BCUT2D eigenvalue weighted by atomic mass is 10.1. The van der Waals surface area contributed by atoms with Crippen LogP contribution in [0.2, 0.25) is 5.02 Å². The van der Waals surface area contributed by atoms with Crippen molar-refractivity contribution in [3.8, 4) is 11.5 Å². The summed E-state index contributed by atoms with van der Waals surface area (Å²) >= 11 is 5.98. The van der Waals surface area contributed by atoms with Crippen LogP contribution in [-0.2, 0) is 22.1 Å². The molecule has 0 unspecified atom stereocenters.